The van der Waals surface area contributed by atoms with Crippen LogP contribution in [0.3, 0.4) is 0 Å². The van der Waals surface area contributed by atoms with Crippen LogP contribution >= 0.6 is 0 Å². The summed E-state index contributed by atoms with van der Waals surface area (Å²) in [6.45, 7) is 6.59. The van der Waals surface area contributed by atoms with Crippen molar-refractivity contribution in [3.05, 3.63) is 35.4 Å². The lowest BCUT2D eigenvalue weighted by Crippen LogP contribution is -2.38. The van der Waals surface area contributed by atoms with Crippen LogP contribution in [0.1, 0.15) is 29.9 Å². The first-order chi connectivity index (χ1) is 9.40. The number of carbonyl (C=O) groups is 1. The van der Waals surface area contributed by atoms with Crippen LogP contribution in [0.2, 0.25) is 19.6 Å². The number of methoxy groups -OCH3 is 1. The Morgan fingerprint density at radius 3 is 2.65 bits per heavy atom. The normalized spacial score (nSPS) is 22.2. The highest BCUT2D eigenvalue weighted by molar-refractivity contribution is 6.69. The lowest BCUT2D eigenvalue weighted by atomic mass is 9.79. The van der Waals surface area contributed by atoms with Gasteiger partial charge in [-0.3, -0.25) is 4.79 Å². The van der Waals surface area contributed by atoms with E-state index in [0.29, 0.717) is 6.42 Å². The number of hydrogen-bond donors (Lipinski definition) is 0. The molecule has 0 aliphatic heterocycles. The van der Waals surface area contributed by atoms with Gasteiger partial charge in [0.25, 0.3) is 0 Å². The summed E-state index contributed by atoms with van der Waals surface area (Å²) in [6, 6.07) is 8.39. The minimum absolute atomic E-state index is 0.124. The Hall–Kier alpha value is -1.13. The molecule has 0 N–H and O–H groups in total. The standard InChI is InChI=1S/C16H24O3Si/c1-18-16(17)11-14-13-8-6-5-7-12(13)9-10-15(14)19-20(2,3)4/h5-8,14-15H,9-11H2,1-4H3. The number of hydrogen-bond acceptors (Lipinski definition) is 3. The summed E-state index contributed by atoms with van der Waals surface area (Å²) in [5, 5.41) is 0. The Labute approximate surface area is 122 Å². The number of esters is 1. The van der Waals surface area contributed by atoms with Crippen LogP contribution < -0.4 is 0 Å². The van der Waals surface area contributed by atoms with Gasteiger partial charge in [0.1, 0.15) is 0 Å². The zero-order chi connectivity index (χ0) is 14.8. The van der Waals surface area contributed by atoms with Crippen LogP contribution in [-0.2, 0) is 20.4 Å². The fourth-order valence-electron chi connectivity index (χ4n) is 2.92. The molecule has 1 aromatic carbocycles. The lowest BCUT2D eigenvalue weighted by Gasteiger charge is -2.37. The van der Waals surface area contributed by atoms with Crippen LogP contribution in [-0.4, -0.2) is 27.5 Å². The van der Waals surface area contributed by atoms with E-state index in [9.17, 15) is 4.79 Å². The van der Waals surface area contributed by atoms with E-state index >= 15 is 0 Å². The molecule has 0 amide bonds. The van der Waals surface area contributed by atoms with Gasteiger partial charge in [0, 0.05) is 5.92 Å². The third kappa shape index (κ3) is 3.70. The second-order valence-corrected chi connectivity index (χ2v) is 10.9. The van der Waals surface area contributed by atoms with Gasteiger partial charge in [-0.25, -0.2) is 0 Å². The maximum absolute atomic E-state index is 11.7. The van der Waals surface area contributed by atoms with E-state index in [2.05, 4.69) is 37.8 Å². The average molecular weight is 292 g/mol. The van der Waals surface area contributed by atoms with Crippen molar-refractivity contribution < 1.29 is 14.0 Å². The van der Waals surface area contributed by atoms with Crippen LogP contribution in [0.4, 0.5) is 0 Å². The zero-order valence-electron chi connectivity index (χ0n) is 12.8. The summed E-state index contributed by atoms with van der Waals surface area (Å²) in [4.78, 5) is 11.7. The van der Waals surface area contributed by atoms with Crippen molar-refractivity contribution in [2.24, 2.45) is 0 Å². The summed E-state index contributed by atoms with van der Waals surface area (Å²) < 4.78 is 11.2. The van der Waals surface area contributed by atoms with Crippen LogP contribution in [0.5, 0.6) is 0 Å². The number of benzene rings is 1. The SMILES string of the molecule is COC(=O)CC1c2ccccc2CCC1O[Si](C)(C)C. The molecule has 1 aromatic rings. The number of fused-ring (bicyclic) bond motifs is 1. The Morgan fingerprint density at radius 2 is 2.00 bits per heavy atom. The zero-order valence-corrected chi connectivity index (χ0v) is 13.8. The second kappa shape index (κ2) is 6.10. The van der Waals surface area contributed by atoms with E-state index in [4.69, 9.17) is 9.16 Å². The van der Waals surface area contributed by atoms with E-state index in [-0.39, 0.29) is 18.0 Å². The summed E-state index contributed by atoms with van der Waals surface area (Å²) in [7, 11) is -0.171. The van der Waals surface area contributed by atoms with E-state index in [0.717, 1.165) is 12.8 Å². The predicted molar refractivity (Wildman–Crippen MR) is 82.4 cm³/mol. The molecule has 0 fully saturated rings. The molecule has 0 saturated carbocycles. The molecule has 1 aliphatic carbocycles. The van der Waals surface area contributed by atoms with E-state index in [1.54, 1.807) is 0 Å². The van der Waals surface area contributed by atoms with Gasteiger partial charge in [-0.15, -0.1) is 0 Å². The summed E-state index contributed by atoms with van der Waals surface area (Å²) in [6.07, 6.45) is 2.56. The first kappa shape index (κ1) is 15.3. The van der Waals surface area contributed by atoms with Gasteiger partial charge >= 0.3 is 5.97 Å². The van der Waals surface area contributed by atoms with Crippen LogP contribution in [0, 0.1) is 0 Å². The lowest BCUT2D eigenvalue weighted by molar-refractivity contribution is -0.141. The van der Waals surface area contributed by atoms with Crippen molar-refractivity contribution in [1.82, 2.24) is 0 Å². The van der Waals surface area contributed by atoms with Crippen LogP contribution in [0.25, 0.3) is 0 Å². The quantitative estimate of drug-likeness (QED) is 0.629. The minimum atomic E-state index is -1.62. The Kier molecular flexibility index (Phi) is 4.65. The average Bonchev–Trinajstić information content (AvgIpc) is 2.39. The summed E-state index contributed by atoms with van der Waals surface area (Å²) in [5.74, 6) is -0.0324. The first-order valence-electron chi connectivity index (χ1n) is 7.23. The van der Waals surface area contributed by atoms with E-state index in [1.807, 2.05) is 6.07 Å². The predicted octanol–water partition coefficient (Wildman–Crippen LogP) is 3.50. The maximum Gasteiger partial charge on any atom is 0.306 e. The van der Waals surface area contributed by atoms with Crippen LogP contribution in [0.15, 0.2) is 24.3 Å². The monoisotopic (exact) mass is 292 g/mol. The highest BCUT2D eigenvalue weighted by Crippen LogP contribution is 2.37. The minimum Gasteiger partial charge on any atom is -0.469 e. The highest BCUT2D eigenvalue weighted by Gasteiger charge is 2.34. The molecule has 3 nitrogen and oxygen atoms in total. The fourth-order valence-corrected chi connectivity index (χ4v) is 4.11. The van der Waals surface area contributed by atoms with Gasteiger partial charge < -0.3 is 9.16 Å². The molecule has 0 bridgehead atoms. The van der Waals surface area contributed by atoms with Gasteiger partial charge in [-0.1, -0.05) is 24.3 Å². The molecular weight excluding hydrogens is 268 g/mol. The highest BCUT2D eigenvalue weighted by atomic mass is 28.4. The molecule has 2 atom stereocenters. The van der Waals surface area contributed by atoms with Crippen molar-refractivity contribution in [3.8, 4) is 0 Å². The largest absolute Gasteiger partial charge is 0.469 e. The smallest absolute Gasteiger partial charge is 0.306 e. The molecule has 0 aromatic heterocycles. The van der Waals surface area contributed by atoms with Gasteiger partial charge in [-0.05, 0) is 43.6 Å². The molecule has 4 heteroatoms. The molecule has 2 rings (SSSR count). The molecule has 0 saturated heterocycles. The van der Waals surface area contributed by atoms with E-state index in [1.165, 1.54) is 18.2 Å². The molecule has 1 aliphatic rings. The molecule has 0 heterocycles. The van der Waals surface area contributed by atoms with Gasteiger partial charge in [0.05, 0.1) is 19.6 Å². The Morgan fingerprint density at radius 1 is 1.30 bits per heavy atom. The second-order valence-electron chi connectivity index (χ2n) is 6.39. The molecule has 20 heavy (non-hydrogen) atoms. The number of aryl methyl sites for hydroxylation is 1. The Balaban J connectivity index is 2.27. The Bertz CT molecular complexity index is 479. The summed E-state index contributed by atoms with van der Waals surface area (Å²) >= 11 is 0. The third-order valence-electron chi connectivity index (χ3n) is 3.72. The number of rotatable bonds is 4. The molecular formula is C16H24O3Si. The van der Waals surface area contributed by atoms with Gasteiger partial charge in [0.15, 0.2) is 8.32 Å². The fraction of sp³-hybridized carbons (Fsp3) is 0.562. The molecule has 0 radical (unpaired) electrons. The topological polar surface area (TPSA) is 35.5 Å². The third-order valence-corrected chi connectivity index (χ3v) is 4.73. The van der Waals surface area contributed by atoms with Crippen molar-refractivity contribution in [2.45, 2.75) is 50.9 Å². The number of carbonyl (C=O) groups excluding carboxylic acids is 1. The molecule has 110 valence electrons. The van der Waals surface area contributed by atoms with E-state index < -0.39 is 8.32 Å². The van der Waals surface area contributed by atoms with Gasteiger partial charge in [-0.2, -0.15) is 0 Å². The molecule has 2 unspecified atom stereocenters. The first-order valence-corrected chi connectivity index (χ1v) is 10.6. The van der Waals surface area contributed by atoms with Crippen molar-refractivity contribution in [3.63, 3.8) is 0 Å². The van der Waals surface area contributed by atoms with Crippen molar-refractivity contribution in [1.29, 1.82) is 0 Å². The summed E-state index contributed by atoms with van der Waals surface area (Å²) in [5.41, 5.74) is 2.60. The van der Waals surface area contributed by atoms with Gasteiger partial charge in [0.2, 0.25) is 0 Å². The van der Waals surface area contributed by atoms with Crippen molar-refractivity contribution >= 4 is 14.3 Å². The maximum atomic E-state index is 11.7. The van der Waals surface area contributed by atoms with Crippen molar-refractivity contribution in [2.75, 3.05) is 7.11 Å². The number of ether oxygens (including phenoxy) is 1. The molecule has 0 spiro atoms.